The van der Waals surface area contributed by atoms with E-state index in [1.165, 1.54) is 5.56 Å². The van der Waals surface area contributed by atoms with E-state index in [9.17, 15) is 9.59 Å². The maximum Gasteiger partial charge on any atom is 0.338 e. The molecule has 2 aromatic carbocycles. The molecule has 1 amide bonds. The summed E-state index contributed by atoms with van der Waals surface area (Å²) in [4.78, 5) is 23.9. The molecule has 0 aliphatic heterocycles. The van der Waals surface area contributed by atoms with Crippen LogP contribution in [0.15, 0.2) is 48.5 Å². The number of hydrogen-bond acceptors (Lipinski definition) is 4. The molecule has 0 radical (unpaired) electrons. The van der Waals surface area contributed by atoms with Crippen LogP contribution >= 0.6 is 0 Å². The third kappa shape index (κ3) is 7.60. The van der Waals surface area contributed by atoms with Gasteiger partial charge in [-0.1, -0.05) is 32.9 Å². The van der Waals surface area contributed by atoms with Crippen LogP contribution in [0.4, 0.5) is 5.69 Å². The number of carbonyl (C=O) groups excluding carboxylic acids is 2. The van der Waals surface area contributed by atoms with E-state index in [1.807, 2.05) is 12.1 Å². The Morgan fingerprint density at radius 1 is 0.966 bits per heavy atom. The lowest BCUT2D eigenvalue weighted by atomic mass is 9.87. The van der Waals surface area contributed by atoms with E-state index >= 15 is 0 Å². The van der Waals surface area contributed by atoms with Crippen molar-refractivity contribution in [1.29, 1.82) is 0 Å². The molecule has 5 heteroatoms. The fourth-order valence-corrected chi connectivity index (χ4v) is 2.67. The zero-order chi connectivity index (χ0) is 21.4. The molecule has 0 saturated carbocycles. The van der Waals surface area contributed by atoms with Gasteiger partial charge in [0.15, 0.2) is 0 Å². The monoisotopic (exact) mass is 397 g/mol. The highest BCUT2D eigenvalue weighted by Gasteiger charge is 2.13. The van der Waals surface area contributed by atoms with Gasteiger partial charge >= 0.3 is 5.97 Å². The fraction of sp³-hybridized carbons (Fsp3) is 0.417. The van der Waals surface area contributed by atoms with Crippen molar-refractivity contribution in [2.24, 2.45) is 0 Å². The predicted molar refractivity (Wildman–Crippen MR) is 115 cm³/mol. The van der Waals surface area contributed by atoms with Gasteiger partial charge in [0.2, 0.25) is 5.91 Å². The molecule has 0 aliphatic rings. The van der Waals surface area contributed by atoms with Crippen molar-refractivity contribution in [3.05, 3.63) is 59.7 Å². The normalized spacial score (nSPS) is 11.2. The Morgan fingerprint density at radius 3 is 2.14 bits per heavy atom. The van der Waals surface area contributed by atoms with Crippen LogP contribution < -0.4 is 10.1 Å². The Morgan fingerprint density at radius 2 is 1.59 bits per heavy atom. The number of ether oxygens (including phenoxy) is 2. The molecule has 0 aromatic heterocycles. The standard InChI is InChI=1S/C24H31NO4/c1-17(2)29-23(27)18-8-12-20(13-9-18)25-22(26)7-6-16-28-21-14-10-19(11-15-21)24(3,4)5/h8-15,17H,6-7,16H2,1-5H3,(H,25,26). The van der Waals surface area contributed by atoms with Gasteiger partial charge in [0, 0.05) is 12.1 Å². The molecule has 0 spiro atoms. The third-order valence-electron chi connectivity index (χ3n) is 4.28. The molecule has 0 aliphatic carbocycles. The van der Waals surface area contributed by atoms with E-state index in [0.717, 1.165) is 5.75 Å². The summed E-state index contributed by atoms with van der Waals surface area (Å²) in [5.74, 6) is 0.349. The SMILES string of the molecule is CC(C)OC(=O)c1ccc(NC(=O)CCCOc2ccc(C(C)(C)C)cc2)cc1. The topological polar surface area (TPSA) is 64.6 Å². The van der Waals surface area contributed by atoms with E-state index in [4.69, 9.17) is 9.47 Å². The average Bonchev–Trinajstić information content (AvgIpc) is 2.65. The number of amides is 1. The van der Waals surface area contributed by atoms with Crippen LogP contribution in [0.3, 0.4) is 0 Å². The van der Waals surface area contributed by atoms with Crippen LogP contribution in [-0.2, 0) is 14.9 Å². The Labute approximate surface area is 173 Å². The van der Waals surface area contributed by atoms with Gasteiger partial charge in [-0.05, 0) is 67.6 Å². The number of rotatable bonds is 8. The molecular weight excluding hydrogens is 366 g/mol. The Hall–Kier alpha value is -2.82. The minimum atomic E-state index is -0.370. The van der Waals surface area contributed by atoms with Crippen molar-refractivity contribution in [3.63, 3.8) is 0 Å². The van der Waals surface area contributed by atoms with Crippen molar-refractivity contribution in [3.8, 4) is 5.75 Å². The molecule has 0 fully saturated rings. The maximum atomic E-state index is 12.1. The molecule has 2 rings (SSSR count). The van der Waals surface area contributed by atoms with E-state index in [0.29, 0.717) is 30.7 Å². The molecule has 1 N–H and O–H groups in total. The lowest BCUT2D eigenvalue weighted by Crippen LogP contribution is -2.14. The van der Waals surface area contributed by atoms with Crippen LogP contribution in [0.5, 0.6) is 5.75 Å². The van der Waals surface area contributed by atoms with Crippen molar-refractivity contribution in [1.82, 2.24) is 0 Å². The summed E-state index contributed by atoms with van der Waals surface area (Å²) >= 11 is 0. The summed E-state index contributed by atoms with van der Waals surface area (Å²) in [6.07, 6.45) is 0.809. The molecule has 5 nitrogen and oxygen atoms in total. The average molecular weight is 398 g/mol. The van der Waals surface area contributed by atoms with Gasteiger partial charge < -0.3 is 14.8 Å². The fourth-order valence-electron chi connectivity index (χ4n) is 2.67. The minimum Gasteiger partial charge on any atom is -0.494 e. The first-order valence-corrected chi connectivity index (χ1v) is 9.99. The van der Waals surface area contributed by atoms with Gasteiger partial charge in [0.1, 0.15) is 5.75 Å². The van der Waals surface area contributed by atoms with Crippen molar-refractivity contribution in [2.45, 2.75) is 59.0 Å². The summed E-state index contributed by atoms with van der Waals surface area (Å²) in [6.45, 7) is 10.6. The molecule has 0 atom stereocenters. The first-order valence-electron chi connectivity index (χ1n) is 9.99. The van der Waals surface area contributed by atoms with Gasteiger partial charge in [0.25, 0.3) is 0 Å². The first kappa shape index (κ1) is 22.5. The number of hydrogen-bond donors (Lipinski definition) is 1. The van der Waals surface area contributed by atoms with Gasteiger partial charge in [-0.25, -0.2) is 4.79 Å². The lowest BCUT2D eigenvalue weighted by Gasteiger charge is -2.19. The third-order valence-corrected chi connectivity index (χ3v) is 4.28. The van der Waals surface area contributed by atoms with Gasteiger partial charge in [0.05, 0.1) is 18.3 Å². The summed E-state index contributed by atoms with van der Waals surface area (Å²) in [5, 5.41) is 2.82. The highest BCUT2D eigenvalue weighted by molar-refractivity contribution is 5.93. The second-order valence-corrected chi connectivity index (χ2v) is 8.31. The lowest BCUT2D eigenvalue weighted by molar-refractivity contribution is -0.116. The second-order valence-electron chi connectivity index (χ2n) is 8.31. The maximum absolute atomic E-state index is 12.1. The molecule has 29 heavy (non-hydrogen) atoms. The number of anilines is 1. The van der Waals surface area contributed by atoms with E-state index in [2.05, 4.69) is 38.2 Å². The van der Waals surface area contributed by atoms with E-state index < -0.39 is 0 Å². The van der Waals surface area contributed by atoms with Gasteiger partial charge in [-0.15, -0.1) is 0 Å². The smallest absolute Gasteiger partial charge is 0.338 e. The van der Waals surface area contributed by atoms with Crippen LogP contribution in [0.2, 0.25) is 0 Å². The number of nitrogens with one attached hydrogen (secondary N) is 1. The van der Waals surface area contributed by atoms with Gasteiger partial charge in [-0.3, -0.25) is 4.79 Å². The van der Waals surface area contributed by atoms with E-state index in [1.54, 1.807) is 38.1 Å². The van der Waals surface area contributed by atoms with Crippen molar-refractivity contribution in [2.75, 3.05) is 11.9 Å². The van der Waals surface area contributed by atoms with Crippen LogP contribution in [0.1, 0.15) is 63.4 Å². The predicted octanol–water partition coefficient (Wildman–Crippen LogP) is 5.35. The number of benzene rings is 2. The summed E-state index contributed by atoms with van der Waals surface area (Å²) in [6, 6.07) is 14.8. The molecule has 0 heterocycles. The van der Waals surface area contributed by atoms with Crippen molar-refractivity contribution >= 4 is 17.6 Å². The highest BCUT2D eigenvalue weighted by atomic mass is 16.5. The van der Waals surface area contributed by atoms with Crippen molar-refractivity contribution < 1.29 is 19.1 Å². The van der Waals surface area contributed by atoms with Crippen LogP contribution in [0.25, 0.3) is 0 Å². The zero-order valence-corrected chi connectivity index (χ0v) is 18.0. The molecule has 0 saturated heterocycles. The second kappa shape index (κ2) is 10.1. The number of carbonyl (C=O) groups is 2. The summed E-state index contributed by atoms with van der Waals surface area (Å²) in [5.41, 5.74) is 2.48. The summed E-state index contributed by atoms with van der Waals surface area (Å²) < 4.78 is 10.9. The molecule has 2 aromatic rings. The van der Waals surface area contributed by atoms with E-state index in [-0.39, 0.29) is 23.4 Å². The quantitative estimate of drug-likeness (QED) is 0.482. The van der Waals surface area contributed by atoms with Gasteiger partial charge in [-0.2, -0.15) is 0 Å². The highest BCUT2D eigenvalue weighted by Crippen LogP contribution is 2.24. The Bertz CT molecular complexity index is 802. The Kier molecular flexibility index (Phi) is 7.82. The first-order chi connectivity index (χ1) is 13.6. The van der Waals surface area contributed by atoms with Crippen LogP contribution in [-0.4, -0.2) is 24.6 Å². The molecule has 0 unspecified atom stereocenters. The minimum absolute atomic E-state index is 0.0887. The largest absolute Gasteiger partial charge is 0.494 e. The summed E-state index contributed by atoms with van der Waals surface area (Å²) in [7, 11) is 0. The van der Waals surface area contributed by atoms with Crippen LogP contribution in [0, 0.1) is 0 Å². The Balaban J connectivity index is 1.72. The zero-order valence-electron chi connectivity index (χ0n) is 18.0. The number of esters is 1. The molecule has 156 valence electrons. The molecule has 0 bridgehead atoms. The molecular formula is C24H31NO4.